The molecule has 2 amide bonds. The van der Waals surface area contributed by atoms with E-state index in [0.29, 0.717) is 0 Å². The highest BCUT2D eigenvalue weighted by atomic mass is 16.4. The number of carbonyl (C=O) groups is 4. The predicted molar refractivity (Wildman–Crippen MR) is 99.4 cm³/mol. The number of carboxylic acid groups (broad SMARTS) is 2. The smallest absolute Gasteiger partial charge is 0.326 e. The van der Waals surface area contributed by atoms with Gasteiger partial charge in [0.25, 0.3) is 0 Å². The molecule has 10 nitrogen and oxygen atoms in total. The first-order valence-electron chi connectivity index (χ1n) is 8.55. The van der Waals surface area contributed by atoms with Crippen molar-refractivity contribution in [2.75, 3.05) is 0 Å². The molecule has 0 saturated carbocycles. The van der Waals surface area contributed by atoms with Gasteiger partial charge in [-0.25, -0.2) is 4.79 Å². The zero-order valence-corrected chi connectivity index (χ0v) is 15.1. The van der Waals surface area contributed by atoms with Crippen LogP contribution in [0.25, 0.3) is 10.9 Å². The molecule has 2 aromatic rings. The third kappa shape index (κ3) is 5.30. The van der Waals surface area contributed by atoms with E-state index < -0.39 is 48.3 Å². The number of benzene rings is 1. The lowest BCUT2D eigenvalue weighted by Crippen LogP contribution is -2.53. The first kappa shape index (κ1) is 20.9. The van der Waals surface area contributed by atoms with Crippen LogP contribution in [0, 0.1) is 0 Å². The van der Waals surface area contributed by atoms with Gasteiger partial charge in [-0.2, -0.15) is 0 Å². The van der Waals surface area contributed by atoms with Gasteiger partial charge in [-0.15, -0.1) is 0 Å². The first-order chi connectivity index (χ1) is 13.2. The van der Waals surface area contributed by atoms with Gasteiger partial charge in [0.1, 0.15) is 12.1 Å². The fourth-order valence-electron chi connectivity index (χ4n) is 2.69. The highest BCUT2D eigenvalue weighted by Crippen LogP contribution is 2.18. The summed E-state index contributed by atoms with van der Waals surface area (Å²) in [5.74, 6) is -4.25. The standard InChI is InChI=1S/C18H22N4O6/c1-9(16(25)22-14(18(27)28)7-15(23)24)21-17(26)12(19)6-10-8-20-13-5-3-2-4-11(10)13/h2-5,8-9,12,14,20H,6-7,19H2,1H3,(H,21,26)(H,22,25)(H,23,24)(H,27,28). The number of para-hydroxylation sites is 1. The van der Waals surface area contributed by atoms with Crippen molar-refractivity contribution in [2.45, 2.75) is 37.9 Å². The number of aromatic amines is 1. The molecule has 2 rings (SSSR count). The van der Waals surface area contributed by atoms with Crippen molar-refractivity contribution in [3.63, 3.8) is 0 Å². The summed E-state index contributed by atoms with van der Waals surface area (Å²) < 4.78 is 0. The molecule has 1 heterocycles. The predicted octanol–water partition coefficient (Wildman–Crippen LogP) is -0.413. The number of nitrogens with one attached hydrogen (secondary N) is 3. The quantitative estimate of drug-likeness (QED) is 0.337. The fourth-order valence-corrected chi connectivity index (χ4v) is 2.69. The number of amides is 2. The molecule has 0 saturated heterocycles. The zero-order valence-electron chi connectivity index (χ0n) is 15.1. The lowest BCUT2D eigenvalue weighted by Gasteiger charge is -2.19. The van der Waals surface area contributed by atoms with Gasteiger partial charge in [0.15, 0.2) is 0 Å². The molecular formula is C18H22N4O6. The Morgan fingerprint density at radius 1 is 1.11 bits per heavy atom. The van der Waals surface area contributed by atoms with E-state index in [0.717, 1.165) is 16.5 Å². The minimum Gasteiger partial charge on any atom is -0.481 e. The Morgan fingerprint density at radius 3 is 2.43 bits per heavy atom. The Labute approximate surface area is 160 Å². The lowest BCUT2D eigenvalue weighted by molar-refractivity contribution is -0.147. The Balaban J connectivity index is 1.94. The van der Waals surface area contributed by atoms with Crippen LogP contribution in [-0.4, -0.2) is 57.1 Å². The number of hydrogen-bond donors (Lipinski definition) is 6. The highest BCUT2D eigenvalue weighted by molar-refractivity contribution is 5.93. The number of aliphatic carboxylic acids is 2. The van der Waals surface area contributed by atoms with Crippen LogP contribution in [0.5, 0.6) is 0 Å². The van der Waals surface area contributed by atoms with Crippen LogP contribution in [0.3, 0.4) is 0 Å². The van der Waals surface area contributed by atoms with Crippen molar-refractivity contribution >= 4 is 34.7 Å². The molecule has 0 aliphatic rings. The maximum atomic E-state index is 12.3. The SMILES string of the molecule is CC(NC(=O)C(N)Cc1c[nH]c2ccccc12)C(=O)NC(CC(=O)O)C(=O)O. The number of H-pyrrole nitrogens is 1. The molecule has 150 valence electrons. The third-order valence-electron chi connectivity index (χ3n) is 4.20. The largest absolute Gasteiger partial charge is 0.481 e. The van der Waals surface area contributed by atoms with E-state index in [1.54, 1.807) is 6.20 Å². The minimum atomic E-state index is -1.59. The van der Waals surface area contributed by atoms with Crippen molar-refractivity contribution in [3.8, 4) is 0 Å². The van der Waals surface area contributed by atoms with Gasteiger partial charge >= 0.3 is 11.9 Å². The summed E-state index contributed by atoms with van der Waals surface area (Å²) in [6.45, 7) is 1.35. The molecule has 0 fully saturated rings. The van der Waals surface area contributed by atoms with Crippen molar-refractivity contribution in [2.24, 2.45) is 5.73 Å². The summed E-state index contributed by atoms with van der Waals surface area (Å²) in [6.07, 6.45) is 1.22. The van der Waals surface area contributed by atoms with Crippen LogP contribution in [0.15, 0.2) is 30.5 Å². The summed E-state index contributed by atoms with van der Waals surface area (Å²) in [6, 6.07) is 3.94. The van der Waals surface area contributed by atoms with E-state index in [-0.39, 0.29) is 6.42 Å². The van der Waals surface area contributed by atoms with Crippen molar-refractivity contribution in [1.82, 2.24) is 15.6 Å². The lowest BCUT2D eigenvalue weighted by atomic mass is 10.0. The van der Waals surface area contributed by atoms with E-state index in [1.165, 1.54) is 6.92 Å². The van der Waals surface area contributed by atoms with Crippen LogP contribution in [0.4, 0.5) is 0 Å². The molecule has 0 spiro atoms. The van der Waals surface area contributed by atoms with Gasteiger partial charge in [-0.05, 0) is 25.0 Å². The molecular weight excluding hydrogens is 368 g/mol. The normalized spacial score (nSPS) is 14.1. The van der Waals surface area contributed by atoms with Gasteiger partial charge < -0.3 is 31.6 Å². The van der Waals surface area contributed by atoms with E-state index in [9.17, 15) is 19.2 Å². The summed E-state index contributed by atoms with van der Waals surface area (Å²) in [5, 5.41) is 23.1. The van der Waals surface area contributed by atoms with E-state index in [1.807, 2.05) is 24.3 Å². The van der Waals surface area contributed by atoms with Crippen LogP contribution < -0.4 is 16.4 Å². The summed E-state index contributed by atoms with van der Waals surface area (Å²) in [4.78, 5) is 49.1. The van der Waals surface area contributed by atoms with Gasteiger partial charge in [-0.1, -0.05) is 18.2 Å². The van der Waals surface area contributed by atoms with Crippen LogP contribution in [0.1, 0.15) is 18.9 Å². The second-order valence-corrected chi connectivity index (χ2v) is 6.40. The summed E-state index contributed by atoms with van der Waals surface area (Å²) >= 11 is 0. The van der Waals surface area contributed by atoms with Gasteiger partial charge in [0.2, 0.25) is 11.8 Å². The molecule has 0 aliphatic heterocycles. The second-order valence-electron chi connectivity index (χ2n) is 6.40. The molecule has 10 heteroatoms. The number of carbonyl (C=O) groups excluding carboxylic acids is 2. The zero-order chi connectivity index (χ0) is 20.8. The minimum absolute atomic E-state index is 0.237. The number of nitrogens with two attached hydrogens (primary N) is 1. The van der Waals surface area contributed by atoms with Gasteiger partial charge in [0.05, 0.1) is 12.5 Å². The summed E-state index contributed by atoms with van der Waals surface area (Å²) in [5.41, 5.74) is 7.70. The first-order valence-corrected chi connectivity index (χ1v) is 8.55. The maximum absolute atomic E-state index is 12.3. The fraction of sp³-hybridized carbons (Fsp3) is 0.333. The van der Waals surface area contributed by atoms with Gasteiger partial charge in [0, 0.05) is 17.1 Å². The second kappa shape index (κ2) is 9.00. The van der Waals surface area contributed by atoms with Crippen LogP contribution >= 0.6 is 0 Å². The van der Waals surface area contributed by atoms with E-state index in [4.69, 9.17) is 15.9 Å². The van der Waals surface area contributed by atoms with Crippen molar-refractivity contribution in [1.29, 1.82) is 0 Å². The molecule has 28 heavy (non-hydrogen) atoms. The Hall–Kier alpha value is -3.40. The van der Waals surface area contributed by atoms with Gasteiger partial charge in [-0.3, -0.25) is 14.4 Å². The van der Waals surface area contributed by atoms with Crippen molar-refractivity contribution < 1.29 is 29.4 Å². The molecule has 0 radical (unpaired) electrons. The van der Waals surface area contributed by atoms with Crippen LogP contribution in [-0.2, 0) is 25.6 Å². The monoisotopic (exact) mass is 390 g/mol. The molecule has 1 aromatic carbocycles. The maximum Gasteiger partial charge on any atom is 0.326 e. The number of carboxylic acids is 2. The van der Waals surface area contributed by atoms with Crippen LogP contribution in [0.2, 0.25) is 0 Å². The molecule has 1 aromatic heterocycles. The third-order valence-corrected chi connectivity index (χ3v) is 4.20. The topological polar surface area (TPSA) is 175 Å². The summed E-state index contributed by atoms with van der Waals surface area (Å²) in [7, 11) is 0. The molecule has 0 bridgehead atoms. The number of aromatic nitrogens is 1. The Morgan fingerprint density at radius 2 is 1.79 bits per heavy atom. The Bertz CT molecular complexity index is 893. The average Bonchev–Trinajstić information content (AvgIpc) is 3.03. The molecule has 0 aliphatic carbocycles. The molecule has 7 N–H and O–H groups in total. The highest BCUT2D eigenvalue weighted by Gasteiger charge is 2.27. The molecule has 3 atom stereocenters. The number of hydrogen-bond acceptors (Lipinski definition) is 5. The average molecular weight is 390 g/mol. The molecule has 3 unspecified atom stereocenters. The Kier molecular flexibility index (Phi) is 6.72. The van der Waals surface area contributed by atoms with E-state index in [2.05, 4.69) is 15.6 Å². The number of fused-ring (bicyclic) bond motifs is 1. The number of rotatable bonds is 9. The van der Waals surface area contributed by atoms with Crippen molar-refractivity contribution in [3.05, 3.63) is 36.0 Å². The van der Waals surface area contributed by atoms with E-state index >= 15 is 0 Å².